The van der Waals surface area contributed by atoms with Gasteiger partial charge in [0, 0.05) is 12.1 Å². The Morgan fingerprint density at radius 1 is 1.25 bits per heavy atom. The van der Waals surface area contributed by atoms with Crippen LogP contribution in [0.3, 0.4) is 0 Å². The van der Waals surface area contributed by atoms with Crippen molar-refractivity contribution in [2.45, 2.75) is 52.3 Å². The molecule has 1 unspecified atom stereocenters. The Hall–Kier alpha value is -0.860. The molecule has 0 saturated carbocycles. The Kier molecular flexibility index (Phi) is 4.11. The van der Waals surface area contributed by atoms with E-state index in [0.29, 0.717) is 0 Å². The van der Waals surface area contributed by atoms with Gasteiger partial charge in [-0.1, -0.05) is 29.8 Å². The monoisotopic (exact) mass is 221 g/mol. The third-order valence-electron chi connectivity index (χ3n) is 3.10. The summed E-state index contributed by atoms with van der Waals surface area (Å²) in [5.74, 6) is 0. The molecule has 0 aliphatic carbocycles. The van der Waals surface area contributed by atoms with E-state index < -0.39 is 5.60 Å². The predicted molar refractivity (Wildman–Crippen MR) is 68.5 cm³/mol. The quantitative estimate of drug-likeness (QED) is 0.819. The highest BCUT2D eigenvalue weighted by Crippen LogP contribution is 2.17. The minimum Gasteiger partial charge on any atom is -0.389 e. The average Bonchev–Trinajstić information content (AvgIpc) is 2.16. The van der Waals surface area contributed by atoms with E-state index in [1.807, 2.05) is 20.8 Å². The van der Waals surface area contributed by atoms with Gasteiger partial charge in [-0.15, -0.1) is 0 Å². The van der Waals surface area contributed by atoms with Gasteiger partial charge in [-0.2, -0.15) is 0 Å². The van der Waals surface area contributed by atoms with Crippen molar-refractivity contribution in [3.63, 3.8) is 0 Å². The smallest absolute Gasteiger partial charge is 0.0741 e. The van der Waals surface area contributed by atoms with Gasteiger partial charge in [0.25, 0.3) is 0 Å². The highest BCUT2D eigenvalue weighted by atomic mass is 16.3. The van der Waals surface area contributed by atoms with Crippen molar-refractivity contribution in [1.29, 1.82) is 0 Å². The molecule has 0 aromatic heterocycles. The van der Waals surface area contributed by atoms with E-state index in [4.69, 9.17) is 0 Å². The van der Waals surface area contributed by atoms with Crippen LogP contribution in [0.5, 0.6) is 0 Å². The lowest BCUT2D eigenvalue weighted by atomic mass is 9.98. The second-order valence-corrected chi connectivity index (χ2v) is 5.18. The number of hydrogen-bond donors (Lipinski definition) is 2. The molecule has 2 nitrogen and oxygen atoms in total. The number of aliphatic hydroxyl groups is 1. The van der Waals surface area contributed by atoms with Crippen molar-refractivity contribution < 1.29 is 5.11 Å². The molecule has 0 spiro atoms. The molecular weight excluding hydrogens is 198 g/mol. The molecule has 16 heavy (non-hydrogen) atoms. The molecule has 0 bridgehead atoms. The summed E-state index contributed by atoms with van der Waals surface area (Å²) in [6.07, 6.45) is 0. The van der Waals surface area contributed by atoms with E-state index in [0.717, 1.165) is 0 Å². The Bertz CT molecular complexity index is 341. The number of hydrogen-bond acceptors (Lipinski definition) is 2. The third-order valence-corrected chi connectivity index (χ3v) is 3.10. The predicted octanol–water partition coefficient (Wildman–Crippen LogP) is 2.81. The van der Waals surface area contributed by atoms with Crippen LogP contribution in [0.15, 0.2) is 24.3 Å². The average molecular weight is 221 g/mol. The first kappa shape index (κ1) is 13.2. The summed E-state index contributed by atoms with van der Waals surface area (Å²) < 4.78 is 0. The lowest BCUT2D eigenvalue weighted by Gasteiger charge is -2.30. The van der Waals surface area contributed by atoms with Crippen molar-refractivity contribution >= 4 is 0 Å². The standard InChI is InChI=1S/C14H23NO/c1-10-7-6-8-13(9-10)11(2)15-12(3)14(4,5)16/h6-9,11-12,15-16H,1-5H3/t11-,12?/m0/s1. The van der Waals surface area contributed by atoms with Crippen LogP contribution in [0.4, 0.5) is 0 Å². The van der Waals surface area contributed by atoms with Crippen molar-refractivity contribution in [1.82, 2.24) is 5.32 Å². The fourth-order valence-corrected chi connectivity index (χ4v) is 1.61. The molecule has 0 amide bonds. The van der Waals surface area contributed by atoms with Gasteiger partial charge in [-0.05, 0) is 40.2 Å². The van der Waals surface area contributed by atoms with Crippen molar-refractivity contribution in [2.24, 2.45) is 0 Å². The van der Waals surface area contributed by atoms with Crippen LogP contribution < -0.4 is 5.32 Å². The molecule has 1 rings (SSSR count). The van der Waals surface area contributed by atoms with Gasteiger partial charge in [-0.25, -0.2) is 0 Å². The maximum Gasteiger partial charge on any atom is 0.0741 e. The molecular formula is C14H23NO. The molecule has 2 atom stereocenters. The van der Waals surface area contributed by atoms with E-state index in [-0.39, 0.29) is 12.1 Å². The second-order valence-electron chi connectivity index (χ2n) is 5.18. The number of rotatable bonds is 4. The summed E-state index contributed by atoms with van der Waals surface area (Å²) >= 11 is 0. The van der Waals surface area contributed by atoms with Crippen LogP contribution in [0.25, 0.3) is 0 Å². The number of aryl methyl sites for hydroxylation is 1. The van der Waals surface area contributed by atoms with E-state index in [9.17, 15) is 5.11 Å². The molecule has 0 radical (unpaired) electrons. The second kappa shape index (κ2) is 4.98. The fraction of sp³-hybridized carbons (Fsp3) is 0.571. The van der Waals surface area contributed by atoms with Crippen LogP contribution in [0.1, 0.15) is 44.9 Å². The molecule has 2 N–H and O–H groups in total. The highest BCUT2D eigenvalue weighted by Gasteiger charge is 2.23. The minimum absolute atomic E-state index is 0.0583. The van der Waals surface area contributed by atoms with Gasteiger partial charge in [0.05, 0.1) is 5.60 Å². The third kappa shape index (κ3) is 3.62. The maximum absolute atomic E-state index is 9.87. The first-order chi connectivity index (χ1) is 7.30. The lowest BCUT2D eigenvalue weighted by molar-refractivity contribution is 0.0405. The summed E-state index contributed by atoms with van der Waals surface area (Å²) in [6, 6.07) is 8.76. The van der Waals surface area contributed by atoms with Crippen LogP contribution in [0.2, 0.25) is 0 Å². The first-order valence-electron chi connectivity index (χ1n) is 5.85. The normalized spacial score (nSPS) is 15.9. The Morgan fingerprint density at radius 3 is 2.38 bits per heavy atom. The summed E-state index contributed by atoms with van der Waals surface area (Å²) in [7, 11) is 0. The van der Waals surface area contributed by atoms with Gasteiger partial charge >= 0.3 is 0 Å². The molecule has 1 aromatic carbocycles. The van der Waals surface area contributed by atoms with Crippen LogP contribution in [-0.2, 0) is 0 Å². The number of benzene rings is 1. The zero-order valence-corrected chi connectivity index (χ0v) is 10.9. The molecule has 0 heterocycles. The molecule has 0 aliphatic heterocycles. The van der Waals surface area contributed by atoms with Crippen LogP contribution in [0, 0.1) is 6.92 Å². The van der Waals surface area contributed by atoms with Gasteiger partial charge in [0.1, 0.15) is 0 Å². The van der Waals surface area contributed by atoms with Crippen LogP contribution in [-0.4, -0.2) is 16.7 Å². The van der Waals surface area contributed by atoms with E-state index in [2.05, 4.69) is 43.4 Å². The molecule has 1 aromatic rings. The Labute approximate surface area is 98.7 Å². The minimum atomic E-state index is -0.696. The summed E-state index contributed by atoms with van der Waals surface area (Å²) in [5.41, 5.74) is 1.83. The Balaban J connectivity index is 2.69. The summed E-state index contributed by atoms with van der Waals surface area (Å²) in [6.45, 7) is 9.88. The van der Waals surface area contributed by atoms with E-state index >= 15 is 0 Å². The van der Waals surface area contributed by atoms with Gasteiger partial charge in [0.2, 0.25) is 0 Å². The molecule has 2 heteroatoms. The lowest BCUT2D eigenvalue weighted by Crippen LogP contribution is -2.45. The van der Waals surface area contributed by atoms with E-state index in [1.165, 1.54) is 11.1 Å². The summed E-state index contributed by atoms with van der Waals surface area (Å²) in [4.78, 5) is 0. The largest absolute Gasteiger partial charge is 0.389 e. The van der Waals surface area contributed by atoms with Gasteiger partial charge in [0.15, 0.2) is 0 Å². The van der Waals surface area contributed by atoms with Crippen molar-refractivity contribution in [2.75, 3.05) is 0 Å². The van der Waals surface area contributed by atoms with Crippen molar-refractivity contribution in [3.8, 4) is 0 Å². The van der Waals surface area contributed by atoms with E-state index in [1.54, 1.807) is 0 Å². The molecule has 0 aliphatic rings. The van der Waals surface area contributed by atoms with Crippen LogP contribution >= 0.6 is 0 Å². The topological polar surface area (TPSA) is 32.3 Å². The highest BCUT2D eigenvalue weighted by molar-refractivity contribution is 5.24. The molecule has 90 valence electrons. The SMILES string of the molecule is Cc1cccc([C@H](C)NC(C)C(C)(C)O)c1. The maximum atomic E-state index is 9.87. The summed E-state index contributed by atoms with van der Waals surface area (Å²) in [5, 5.41) is 13.3. The van der Waals surface area contributed by atoms with Crippen molar-refractivity contribution in [3.05, 3.63) is 35.4 Å². The zero-order valence-electron chi connectivity index (χ0n) is 10.9. The first-order valence-corrected chi connectivity index (χ1v) is 5.85. The Morgan fingerprint density at radius 2 is 1.88 bits per heavy atom. The number of nitrogens with one attached hydrogen (secondary N) is 1. The zero-order chi connectivity index (χ0) is 12.3. The molecule has 0 fully saturated rings. The molecule has 0 saturated heterocycles. The van der Waals surface area contributed by atoms with Gasteiger partial charge in [-0.3, -0.25) is 0 Å². The fourth-order valence-electron chi connectivity index (χ4n) is 1.61. The van der Waals surface area contributed by atoms with Gasteiger partial charge < -0.3 is 10.4 Å².